The number of Topliss-reactive ketones (excluding diaryl/α,β-unsaturated/α-hetero) is 1. The second-order valence-electron chi connectivity index (χ2n) is 7.90. The van der Waals surface area contributed by atoms with Crippen LogP contribution in [-0.4, -0.2) is 15.7 Å². The molecule has 0 aliphatic carbocycles. The molecule has 3 rings (SSSR count). The van der Waals surface area contributed by atoms with Crippen LogP contribution in [0, 0.1) is 17.0 Å². The standard InChI is InChI=1S/C24H18F6N2O3/c1-14-4-5-15(12-21(14)32(34)35)11-18(33)13-19(16-6-8-17(9-7-16)23(25,26)27)22-20(24(28,29)30)3-2-10-31-22/h2-10,12,19H,11,13H2,1H3/t19-/m0/s1. The van der Waals surface area contributed by atoms with Gasteiger partial charge in [-0.3, -0.25) is 19.9 Å². The maximum absolute atomic E-state index is 13.6. The monoisotopic (exact) mass is 496 g/mol. The zero-order chi connectivity index (χ0) is 26.0. The van der Waals surface area contributed by atoms with Gasteiger partial charge in [-0.15, -0.1) is 0 Å². The second-order valence-corrected chi connectivity index (χ2v) is 7.90. The summed E-state index contributed by atoms with van der Waals surface area (Å²) in [6.45, 7) is 1.52. The van der Waals surface area contributed by atoms with Crippen molar-refractivity contribution in [3.8, 4) is 0 Å². The molecule has 1 atom stereocenters. The highest BCUT2D eigenvalue weighted by molar-refractivity contribution is 5.82. The van der Waals surface area contributed by atoms with E-state index in [0.29, 0.717) is 5.56 Å². The topological polar surface area (TPSA) is 73.1 Å². The number of aryl methyl sites for hydroxylation is 1. The van der Waals surface area contributed by atoms with Gasteiger partial charge in [-0.1, -0.05) is 24.3 Å². The van der Waals surface area contributed by atoms with E-state index in [-0.39, 0.29) is 23.2 Å². The van der Waals surface area contributed by atoms with Crippen LogP contribution in [0.1, 0.15) is 45.8 Å². The number of ketones is 1. The number of benzene rings is 2. The van der Waals surface area contributed by atoms with Gasteiger partial charge in [0.25, 0.3) is 5.69 Å². The molecule has 11 heteroatoms. The molecule has 35 heavy (non-hydrogen) atoms. The molecule has 1 heterocycles. The van der Waals surface area contributed by atoms with Crippen molar-refractivity contribution in [2.75, 3.05) is 0 Å². The molecular formula is C24H18F6N2O3. The van der Waals surface area contributed by atoms with Crippen molar-refractivity contribution in [2.45, 2.75) is 38.0 Å². The Bertz CT molecular complexity index is 1240. The average Bonchev–Trinajstić information content (AvgIpc) is 2.77. The summed E-state index contributed by atoms with van der Waals surface area (Å²) in [5.41, 5.74) is -2.10. The van der Waals surface area contributed by atoms with Crippen LogP contribution in [0.15, 0.2) is 60.8 Å². The Labute approximate surface area is 195 Å². The van der Waals surface area contributed by atoms with E-state index in [9.17, 15) is 41.3 Å². The highest BCUT2D eigenvalue weighted by atomic mass is 19.4. The molecule has 1 aromatic heterocycles. The quantitative estimate of drug-likeness (QED) is 0.208. The number of hydrogen-bond acceptors (Lipinski definition) is 4. The van der Waals surface area contributed by atoms with Gasteiger partial charge in [-0.2, -0.15) is 26.3 Å². The third-order valence-corrected chi connectivity index (χ3v) is 5.42. The summed E-state index contributed by atoms with van der Waals surface area (Å²) in [7, 11) is 0. The fraction of sp³-hybridized carbons (Fsp3) is 0.250. The lowest BCUT2D eigenvalue weighted by Gasteiger charge is -2.21. The van der Waals surface area contributed by atoms with E-state index in [0.717, 1.165) is 42.6 Å². The molecule has 0 radical (unpaired) electrons. The van der Waals surface area contributed by atoms with Crippen molar-refractivity contribution in [2.24, 2.45) is 0 Å². The number of nitro groups is 1. The fourth-order valence-electron chi connectivity index (χ4n) is 3.70. The van der Waals surface area contributed by atoms with Crippen molar-refractivity contribution in [3.63, 3.8) is 0 Å². The van der Waals surface area contributed by atoms with Gasteiger partial charge in [-0.25, -0.2) is 0 Å². The van der Waals surface area contributed by atoms with Crippen molar-refractivity contribution in [1.29, 1.82) is 0 Å². The molecule has 2 aromatic carbocycles. The highest BCUT2D eigenvalue weighted by Crippen LogP contribution is 2.39. The van der Waals surface area contributed by atoms with Crippen LogP contribution in [0.5, 0.6) is 0 Å². The number of carbonyl (C=O) groups is 1. The molecule has 184 valence electrons. The maximum Gasteiger partial charge on any atom is 0.418 e. The first kappa shape index (κ1) is 25.9. The minimum Gasteiger partial charge on any atom is -0.299 e. The fourth-order valence-corrected chi connectivity index (χ4v) is 3.70. The molecular weight excluding hydrogens is 478 g/mol. The van der Waals surface area contributed by atoms with Crippen LogP contribution in [0.3, 0.4) is 0 Å². The van der Waals surface area contributed by atoms with Crippen LogP contribution >= 0.6 is 0 Å². The summed E-state index contributed by atoms with van der Waals surface area (Å²) in [5.74, 6) is -1.85. The summed E-state index contributed by atoms with van der Waals surface area (Å²) in [4.78, 5) is 27.2. The van der Waals surface area contributed by atoms with Crippen LogP contribution in [-0.2, 0) is 23.6 Å². The zero-order valence-corrected chi connectivity index (χ0v) is 18.2. The molecule has 0 bridgehead atoms. The maximum atomic E-state index is 13.6. The normalized spacial score (nSPS) is 12.9. The lowest BCUT2D eigenvalue weighted by molar-refractivity contribution is -0.385. The first-order chi connectivity index (χ1) is 16.3. The summed E-state index contributed by atoms with van der Waals surface area (Å²) in [6.07, 6.45) is -9.17. The van der Waals surface area contributed by atoms with Crippen LogP contribution in [0.2, 0.25) is 0 Å². The van der Waals surface area contributed by atoms with Gasteiger partial charge in [0, 0.05) is 36.6 Å². The van der Waals surface area contributed by atoms with Gasteiger partial charge < -0.3 is 0 Å². The Kier molecular flexibility index (Phi) is 7.27. The third-order valence-electron chi connectivity index (χ3n) is 5.42. The molecule has 0 unspecified atom stereocenters. The molecule has 5 nitrogen and oxygen atoms in total. The number of pyridine rings is 1. The van der Waals surface area contributed by atoms with Gasteiger partial charge >= 0.3 is 12.4 Å². The number of aromatic nitrogens is 1. The predicted molar refractivity (Wildman–Crippen MR) is 114 cm³/mol. The van der Waals surface area contributed by atoms with Gasteiger partial charge in [0.2, 0.25) is 0 Å². The second kappa shape index (κ2) is 9.85. The minimum absolute atomic E-state index is 0.0467. The van der Waals surface area contributed by atoms with E-state index >= 15 is 0 Å². The van der Waals surface area contributed by atoms with Crippen molar-refractivity contribution in [3.05, 3.63) is 104 Å². The zero-order valence-electron chi connectivity index (χ0n) is 18.2. The van der Waals surface area contributed by atoms with Gasteiger partial charge in [-0.05, 0) is 42.3 Å². The van der Waals surface area contributed by atoms with Gasteiger partial charge in [0.15, 0.2) is 0 Å². The van der Waals surface area contributed by atoms with Crippen LogP contribution < -0.4 is 0 Å². The molecule has 0 spiro atoms. The van der Waals surface area contributed by atoms with Crippen LogP contribution in [0.4, 0.5) is 32.0 Å². The highest BCUT2D eigenvalue weighted by Gasteiger charge is 2.37. The molecule has 3 aromatic rings. The largest absolute Gasteiger partial charge is 0.418 e. The van der Waals surface area contributed by atoms with E-state index in [2.05, 4.69) is 4.98 Å². The number of carbonyl (C=O) groups excluding carboxylic acids is 1. The Morgan fingerprint density at radius 2 is 1.66 bits per heavy atom. The van der Waals surface area contributed by atoms with Crippen molar-refractivity contribution in [1.82, 2.24) is 4.98 Å². The first-order valence-electron chi connectivity index (χ1n) is 10.2. The molecule has 0 N–H and O–H groups in total. The molecule has 0 amide bonds. The number of halogens is 6. The molecule has 0 fully saturated rings. The van der Waals surface area contributed by atoms with E-state index < -0.39 is 52.2 Å². The number of hydrogen-bond donors (Lipinski definition) is 0. The van der Waals surface area contributed by atoms with Gasteiger partial charge in [0.1, 0.15) is 5.78 Å². The lowest BCUT2D eigenvalue weighted by Crippen LogP contribution is -2.18. The average molecular weight is 496 g/mol. The van der Waals surface area contributed by atoms with Crippen LogP contribution in [0.25, 0.3) is 0 Å². The Balaban J connectivity index is 1.99. The Morgan fingerprint density at radius 1 is 1.00 bits per heavy atom. The lowest BCUT2D eigenvalue weighted by atomic mass is 9.86. The number of nitro benzene ring substituents is 1. The summed E-state index contributed by atoms with van der Waals surface area (Å²) in [5, 5.41) is 11.2. The molecule has 0 saturated carbocycles. The number of nitrogens with zero attached hydrogens (tertiary/aromatic N) is 2. The third kappa shape index (κ3) is 6.23. The SMILES string of the molecule is Cc1ccc(CC(=O)C[C@@H](c2ccc(C(F)(F)F)cc2)c2ncccc2C(F)(F)F)cc1[N+](=O)[O-]. The molecule has 0 aliphatic heterocycles. The number of rotatable bonds is 7. The van der Waals surface area contributed by atoms with Crippen molar-refractivity contribution < 1.29 is 36.1 Å². The molecule has 0 saturated heterocycles. The smallest absolute Gasteiger partial charge is 0.299 e. The molecule has 0 aliphatic rings. The number of alkyl halides is 6. The summed E-state index contributed by atoms with van der Waals surface area (Å²) >= 11 is 0. The predicted octanol–water partition coefficient (Wildman–Crippen LogP) is 6.67. The van der Waals surface area contributed by atoms with E-state index in [4.69, 9.17) is 0 Å². The summed E-state index contributed by atoms with van der Waals surface area (Å²) in [6, 6.07) is 9.51. The van der Waals surface area contributed by atoms with E-state index in [1.807, 2.05) is 0 Å². The van der Waals surface area contributed by atoms with Gasteiger partial charge in [0.05, 0.1) is 21.7 Å². The van der Waals surface area contributed by atoms with E-state index in [1.165, 1.54) is 25.1 Å². The Morgan fingerprint density at radius 3 is 2.23 bits per heavy atom. The first-order valence-corrected chi connectivity index (χ1v) is 10.2. The van der Waals surface area contributed by atoms with Crippen molar-refractivity contribution >= 4 is 11.5 Å². The summed E-state index contributed by atoms with van der Waals surface area (Å²) < 4.78 is 79.9. The Hall–Kier alpha value is -3.76. The minimum atomic E-state index is -4.81. The van der Waals surface area contributed by atoms with E-state index in [1.54, 1.807) is 0 Å².